The summed E-state index contributed by atoms with van der Waals surface area (Å²) in [6.45, 7) is 0.558. The quantitative estimate of drug-likeness (QED) is 0.800. The molecule has 0 radical (unpaired) electrons. The summed E-state index contributed by atoms with van der Waals surface area (Å²) in [6, 6.07) is 5.52. The summed E-state index contributed by atoms with van der Waals surface area (Å²) in [6.07, 6.45) is 5.18. The lowest BCUT2D eigenvalue weighted by Crippen LogP contribution is -2.42. The van der Waals surface area contributed by atoms with Gasteiger partial charge in [-0.15, -0.1) is 11.8 Å². The first-order chi connectivity index (χ1) is 7.22. The Morgan fingerprint density at radius 3 is 2.60 bits per heavy atom. The fourth-order valence-corrected chi connectivity index (χ4v) is 2.67. The highest BCUT2D eigenvalue weighted by Crippen LogP contribution is 2.44. The minimum atomic E-state index is -0.0907. The Morgan fingerprint density at radius 2 is 2.20 bits per heavy atom. The fraction of sp³-hybridized carbons (Fsp3) is 0.500. The van der Waals surface area contributed by atoms with Crippen LogP contribution in [0.25, 0.3) is 0 Å². The first-order valence-electron chi connectivity index (χ1n) is 5.26. The molecule has 1 aliphatic carbocycles. The third-order valence-corrected chi connectivity index (χ3v) is 4.17. The smallest absolute Gasteiger partial charge is 0.128 e. The minimum absolute atomic E-state index is 0.0684. The Kier molecular flexibility index (Phi) is 3.03. The van der Waals surface area contributed by atoms with Crippen LogP contribution in [0.1, 0.15) is 24.8 Å². The molecule has 0 saturated heterocycles. The predicted molar refractivity (Wildman–Crippen MR) is 62.8 cm³/mol. The molecule has 0 atom stereocenters. The van der Waals surface area contributed by atoms with Crippen LogP contribution in [-0.2, 0) is 5.41 Å². The summed E-state index contributed by atoms with van der Waals surface area (Å²) < 4.78 is 13.9. The number of benzene rings is 1. The average Bonchev–Trinajstić information content (AvgIpc) is 2.19. The first-order valence-corrected chi connectivity index (χ1v) is 6.48. The average molecular weight is 225 g/mol. The van der Waals surface area contributed by atoms with Crippen molar-refractivity contribution in [3.05, 3.63) is 29.6 Å². The zero-order valence-electron chi connectivity index (χ0n) is 8.92. The monoisotopic (exact) mass is 225 g/mol. The molecule has 2 N–H and O–H groups in total. The van der Waals surface area contributed by atoms with Gasteiger partial charge in [-0.05, 0) is 36.8 Å². The van der Waals surface area contributed by atoms with Gasteiger partial charge in [0.1, 0.15) is 5.82 Å². The van der Waals surface area contributed by atoms with Crippen molar-refractivity contribution < 1.29 is 4.39 Å². The fourth-order valence-electron chi connectivity index (χ4n) is 2.24. The largest absolute Gasteiger partial charge is 0.330 e. The van der Waals surface area contributed by atoms with Gasteiger partial charge in [-0.2, -0.15) is 0 Å². The molecule has 3 heteroatoms. The molecule has 1 saturated carbocycles. The van der Waals surface area contributed by atoms with Gasteiger partial charge in [-0.25, -0.2) is 4.39 Å². The van der Waals surface area contributed by atoms with E-state index in [2.05, 4.69) is 0 Å². The number of hydrogen-bond donors (Lipinski definition) is 1. The number of nitrogens with two attached hydrogens (primary N) is 1. The maximum absolute atomic E-state index is 13.9. The highest BCUT2D eigenvalue weighted by Gasteiger charge is 2.39. The molecule has 1 aliphatic rings. The van der Waals surface area contributed by atoms with E-state index in [1.165, 1.54) is 6.42 Å². The van der Waals surface area contributed by atoms with Gasteiger partial charge in [0.2, 0.25) is 0 Å². The molecular weight excluding hydrogens is 209 g/mol. The van der Waals surface area contributed by atoms with Crippen molar-refractivity contribution in [3.8, 4) is 0 Å². The van der Waals surface area contributed by atoms with Crippen LogP contribution in [-0.4, -0.2) is 12.8 Å². The molecule has 0 spiro atoms. The van der Waals surface area contributed by atoms with E-state index in [0.717, 1.165) is 23.3 Å². The molecule has 0 aromatic heterocycles. The molecule has 1 aromatic carbocycles. The Hall–Kier alpha value is -0.540. The van der Waals surface area contributed by atoms with E-state index in [0.29, 0.717) is 6.54 Å². The van der Waals surface area contributed by atoms with Crippen LogP contribution in [0, 0.1) is 5.82 Å². The minimum Gasteiger partial charge on any atom is -0.330 e. The van der Waals surface area contributed by atoms with Crippen molar-refractivity contribution in [1.82, 2.24) is 0 Å². The summed E-state index contributed by atoms with van der Waals surface area (Å²) in [4.78, 5) is 0.975. The number of thioether (sulfide) groups is 1. The Labute approximate surface area is 94.2 Å². The third-order valence-electron chi connectivity index (χ3n) is 3.45. The maximum atomic E-state index is 13.9. The molecular formula is C12H16FNS. The molecule has 2 rings (SSSR count). The molecule has 1 nitrogen and oxygen atoms in total. The molecule has 0 unspecified atom stereocenters. The number of rotatable bonds is 3. The van der Waals surface area contributed by atoms with Gasteiger partial charge >= 0.3 is 0 Å². The Balaban J connectivity index is 2.36. The van der Waals surface area contributed by atoms with Crippen LogP contribution in [0.15, 0.2) is 23.1 Å². The summed E-state index contributed by atoms with van der Waals surface area (Å²) in [7, 11) is 0. The normalized spacial score (nSPS) is 18.6. The van der Waals surface area contributed by atoms with Gasteiger partial charge in [0.05, 0.1) is 0 Å². The first kappa shape index (κ1) is 11.0. The standard InChI is InChI=1S/C12H16FNS/c1-15-9-3-4-10(11(13)7-9)12(8-14)5-2-6-12/h3-4,7H,2,5-6,8,14H2,1H3. The van der Waals surface area contributed by atoms with Gasteiger partial charge in [-0.1, -0.05) is 12.5 Å². The third kappa shape index (κ3) is 1.79. The van der Waals surface area contributed by atoms with E-state index in [1.54, 1.807) is 17.8 Å². The highest BCUT2D eigenvalue weighted by molar-refractivity contribution is 7.98. The molecule has 1 aromatic rings. The van der Waals surface area contributed by atoms with Crippen molar-refractivity contribution in [2.75, 3.05) is 12.8 Å². The molecule has 15 heavy (non-hydrogen) atoms. The lowest BCUT2D eigenvalue weighted by atomic mass is 9.64. The van der Waals surface area contributed by atoms with Crippen molar-refractivity contribution in [3.63, 3.8) is 0 Å². The van der Waals surface area contributed by atoms with E-state index in [-0.39, 0.29) is 11.2 Å². The van der Waals surface area contributed by atoms with Crippen molar-refractivity contribution in [2.24, 2.45) is 5.73 Å². The topological polar surface area (TPSA) is 26.0 Å². The van der Waals surface area contributed by atoms with Gasteiger partial charge in [0.15, 0.2) is 0 Å². The Morgan fingerprint density at radius 1 is 1.47 bits per heavy atom. The van der Waals surface area contributed by atoms with Crippen molar-refractivity contribution in [1.29, 1.82) is 0 Å². The van der Waals surface area contributed by atoms with Crippen LogP contribution in [0.3, 0.4) is 0 Å². The molecule has 0 amide bonds. The van der Waals surface area contributed by atoms with Crippen molar-refractivity contribution in [2.45, 2.75) is 29.6 Å². The molecule has 0 bridgehead atoms. The zero-order chi connectivity index (χ0) is 10.9. The second kappa shape index (κ2) is 4.14. The van der Waals surface area contributed by atoms with E-state index in [4.69, 9.17) is 5.73 Å². The van der Waals surface area contributed by atoms with Gasteiger partial charge in [-0.3, -0.25) is 0 Å². The summed E-state index contributed by atoms with van der Waals surface area (Å²) in [5.41, 5.74) is 6.51. The van der Waals surface area contributed by atoms with Gasteiger partial charge in [0, 0.05) is 16.9 Å². The van der Waals surface area contributed by atoms with Gasteiger partial charge < -0.3 is 5.73 Å². The SMILES string of the molecule is CSc1ccc(C2(CN)CCC2)c(F)c1. The molecule has 1 fully saturated rings. The molecule has 82 valence electrons. The van der Waals surface area contributed by atoms with Crippen LogP contribution in [0.5, 0.6) is 0 Å². The van der Waals surface area contributed by atoms with E-state index < -0.39 is 0 Å². The number of hydrogen-bond acceptors (Lipinski definition) is 2. The van der Waals surface area contributed by atoms with Crippen LogP contribution >= 0.6 is 11.8 Å². The summed E-state index contributed by atoms with van der Waals surface area (Å²) >= 11 is 1.56. The van der Waals surface area contributed by atoms with Crippen molar-refractivity contribution >= 4 is 11.8 Å². The van der Waals surface area contributed by atoms with E-state index in [1.807, 2.05) is 18.4 Å². The predicted octanol–water partition coefficient (Wildman–Crippen LogP) is 2.93. The van der Waals surface area contributed by atoms with Crippen LogP contribution in [0.2, 0.25) is 0 Å². The zero-order valence-corrected chi connectivity index (χ0v) is 9.74. The maximum Gasteiger partial charge on any atom is 0.128 e. The van der Waals surface area contributed by atoms with E-state index in [9.17, 15) is 4.39 Å². The van der Waals surface area contributed by atoms with Gasteiger partial charge in [0.25, 0.3) is 0 Å². The summed E-state index contributed by atoms with van der Waals surface area (Å²) in [5, 5.41) is 0. The van der Waals surface area contributed by atoms with Crippen LogP contribution in [0.4, 0.5) is 4.39 Å². The molecule has 0 heterocycles. The lowest BCUT2D eigenvalue weighted by Gasteiger charge is -2.41. The second-order valence-corrected chi connectivity index (χ2v) is 5.06. The second-order valence-electron chi connectivity index (χ2n) is 4.18. The Bertz CT molecular complexity index is 355. The highest BCUT2D eigenvalue weighted by atomic mass is 32.2. The number of halogens is 1. The van der Waals surface area contributed by atoms with E-state index >= 15 is 0 Å². The molecule has 0 aliphatic heterocycles. The lowest BCUT2D eigenvalue weighted by molar-refractivity contribution is 0.244. The summed E-state index contributed by atoms with van der Waals surface area (Å²) in [5.74, 6) is -0.0907. The van der Waals surface area contributed by atoms with Crippen LogP contribution < -0.4 is 5.73 Å².